The van der Waals surface area contributed by atoms with Gasteiger partial charge in [0.25, 0.3) is 0 Å². The van der Waals surface area contributed by atoms with Crippen LogP contribution in [0.1, 0.15) is 12.1 Å². The molecule has 0 spiro atoms. The summed E-state index contributed by atoms with van der Waals surface area (Å²) in [4.78, 5) is 14.8. The zero-order chi connectivity index (χ0) is 18.8. The molecule has 0 aliphatic carbocycles. The van der Waals surface area contributed by atoms with E-state index in [1.165, 1.54) is 0 Å². The number of carbonyl (C=O) groups excluding carboxylic acids is 1. The maximum atomic E-state index is 13.1. The molecule has 0 saturated carbocycles. The molecule has 0 radical (unpaired) electrons. The van der Waals surface area contributed by atoms with Crippen LogP contribution in [0.15, 0.2) is 30.5 Å². The first kappa shape index (κ1) is 18.1. The van der Waals surface area contributed by atoms with Crippen molar-refractivity contribution >= 4 is 17.5 Å². The molecule has 144 valence electrons. The Morgan fingerprint density at radius 2 is 2.15 bits per heavy atom. The van der Waals surface area contributed by atoms with E-state index in [-0.39, 0.29) is 17.9 Å². The lowest BCUT2D eigenvalue weighted by Crippen LogP contribution is -2.45. The normalized spacial score (nSPS) is 21.3. The Balaban J connectivity index is 1.51. The number of hydrogen-bond acceptors (Lipinski definition) is 5. The van der Waals surface area contributed by atoms with E-state index in [1.54, 1.807) is 22.8 Å². The van der Waals surface area contributed by atoms with Crippen molar-refractivity contribution in [2.75, 3.05) is 26.4 Å². The summed E-state index contributed by atoms with van der Waals surface area (Å²) in [6.07, 6.45) is 2.21. The van der Waals surface area contributed by atoms with Crippen LogP contribution in [0.25, 0.3) is 0 Å². The third kappa shape index (κ3) is 4.04. The largest absolute Gasteiger partial charge is 0.486 e. The Labute approximate surface area is 162 Å². The van der Waals surface area contributed by atoms with Crippen molar-refractivity contribution in [2.45, 2.75) is 19.1 Å². The van der Waals surface area contributed by atoms with E-state index in [4.69, 9.17) is 25.8 Å². The molecule has 1 aromatic heterocycles. The van der Waals surface area contributed by atoms with Gasteiger partial charge in [0, 0.05) is 19.9 Å². The van der Waals surface area contributed by atoms with Crippen LogP contribution in [0.5, 0.6) is 11.5 Å². The Kier molecular flexibility index (Phi) is 5.22. The molecule has 3 heterocycles. The lowest BCUT2D eigenvalue weighted by atomic mass is 10.1. The van der Waals surface area contributed by atoms with Crippen LogP contribution >= 0.6 is 11.6 Å². The standard InChI is InChI=1S/C19H22ClN3O4/c1-22-9-15(20)16(21-22)10-23(19(24)13-6-7-25-11-13)8-14-12-26-17-4-2-3-5-18(17)27-14/h2-5,9,13-14H,6-8,10-12H2,1H3/t13-,14-/m0/s1. The van der Waals surface area contributed by atoms with Gasteiger partial charge in [-0.1, -0.05) is 23.7 Å². The van der Waals surface area contributed by atoms with Crippen LogP contribution in [0, 0.1) is 5.92 Å². The van der Waals surface area contributed by atoms with Gasteiger partial charge in [-0.15, -0.1) is 0 Å². The van der Waals surface area contributed by atoms with Crippen molar-refractivity contribution in [1.29, 1.82) is 0 Å². The fraction of sp³-hybridized carbons (Fsp3) is 0.474. The van der Waals surface area contributed by atoms with E-state index in [2.05, 4.69) is 5.10 Å². The summed E-state index contributed by atoms with van der Waals surface area (Å²) in [5.41, 5.74) is 0.670. The molecule has 1 amide bonds. The highest BCUT2D eigenvalue weighted by molar-refractivity contribution is 6.31. The van der Waals surface area contributed by atoms with Crippen LogP contribution < -0.4 is 9.47 Å². The highest BCUT2D eigenvalue weighted by Crippen LogP contribution is 2.31. The minimum atomic E-state index is -0.256. The van der Waals surface area contributed by atoms with Crippen LogP contribution in [0.2, 0.25) is 5.02 Å². The maximum Gasteiger partial charge on any atom is 0.228 e. The number of aryl methyl sites for hydroxylation is 1. The number of ether oxygens (including phenoxy) is 3. The van der Waals surface area contributed by atoms with Crippen molar-refractivity contribution in [3.8, 4) is 11.5 Å². The van der Waals surface area contributed by atoms with Gasteiger partial charge in [-0.2, -0.15) is 5.10 Å². The quantitative estimate of drug-likeness (QED) is 0.782. The number of halogens is 1. The third-order valence-electron chi connectivity index (χ3n) is 4.78. The second kappa shape index (κ2) is 7.78. The maximum absolute atomic E-state index is 13.1. The first-order valence-corrected chi connectivity index (χ1v) is 9.41. The number of carbonyl (C=O) groups is 1. The highest BCUT2D eigenvalue weighted by atomic mass is 35.5. The fourth-order valence-corrected chi connectivity index (χ4v) is 3.65. The molecule has 7 nitrogen and oxygen atoms in total. The molecule has 8 heteroatoms. The van der Waals surface area contributed by atoms with Crippen molar-refractivity contribution in [3.05, 3.63) is 41.2 Å². The lowest BCUT2D eigenvalue weighted by molar-refractivity contribution is -0.137. The molecular weight excluding hydrogens is 370 g/mol. The zero-order valence-electron chi connectivity index (χ0n) is 15.1. The average molecular weight is 392 g/mol. The summed E-state index contributed by atoms with van der Waals surface area (Å²) in [6, 6.07) is 7.55. The minimum absolute atomic E-state index is 0.0386. The summed E-state index contributed by atoms with van der Waals surface area (Å²) in [6.45, 7) is 2.19. The van der Waals surface area contributed by atoms with Crippen LogP contribution in [-0.2, 0) is 23.1 Å². The molecule has 27 heavy (non-hydrogen) atoms. The number of hydrogen-bond donors (Lipinski definition) is 0. The van der Waals surface area contributed by atoms with Crippen LogP contribution in [-0.4, -0.2) is 53.1 Å². The van der Waals surface area contributed by atoms with Crippen molar-refractivity contribution in [3.63, 3.8) is 0 Å². The van der Waals surface area contributed by atoms with E-state index in [0.29, 0.717) is 49.4 Å². The van der Waals surface area contributed by atoms with Gasteiger partial charge in [0.1, 0.15) is 12.3 Å². The van der Waals surface area contributed by atoms with Crippen LogP contribution in [0.3, 0.4) is 0 Å². The topological polar surface area (TPSA) is 65.8 Å². The van der Waals surface area contributed by atoms with Gasteiger partial charge in [0.15, 0.2) is 17.6 Å². The zero-order valence-corrected chi connectivity index (χ0v) is 15.9. The Morgan fingerprint density at radius 3 is 2.85 bits per heavy atom. The third-order valence-corrected chi connectivity index (χ3v) is 5.09. The molecule has 1 fully saturated rings. The Bertz CT molecular complexity index is 819. The summed E-state index contributed by atoms with van der Waals surface area (Å²) in [7, 11) is 1.81. The first-order chi connectivity index (χ1) is 13.1. The van der Waals surface area contributed by atoms with E-state index >= 15 is 0 Å². The SMILES string of the molecule is Cn1cc(Cl)c(CN(C[C@H]2COc3ccccc3O2)C(=O)[C@H]2CCOC2)n1. The average Bonchev–Trinajstić information content (AvgIpc) is 3.30. The van der Waals surface area contributed by atoms with E-state index in [1.807, 2.05) is 24.3 Å². The van der Waals surface area contributed by atoms with Gasteiger partial charge >= 0.3 is 0 Å². The van der Waals surface area contributed by atoms with Gasteiger partial charge in [-0.25, -0.2) is 0 Å². The summed E-state index contributed by atoms with van der Waals surface area (Å²) >= 11 is 6.26. The second-order valence-electron chi connectivity index (χ2n) is 6.87. The highest BCUT2D eigenvalue weighted by Gasteiger charge is 2.32. The molecule has 1 saturated heterocycles. The van der Waals surface area contributed by atoms with Gasteiger partial charge < -0.3 is 19.1 Å². The molecule has 4 rings (SSSR count). The predicted molar refractivity (Wildman–Crippen MR) is 98.9 cm³/mol. The molecule has 2 aliphatic rings. The monoisotopic (exact) mass is 391 g/mol. The van der Waals surface area contributed by atoms with Crippen molar-refractivity contribution < 1.29 is 19.0 Å². The molecule has 2 aliphatic heterocycles. The summed E-state index contributed by atoms with van der Waals surface area (Å²) < 4.78 is 18.9. The molecule has 0 unspecified atom stereocenters. The molecule has 0 bridgehead atoms. The number of amides is 1. The Hall–Kier alpha value is -2.25. The number of benzene rings is 1. The van der Waals surface area contributed by atoms with Crippen molar-refractivity contribution in [1.82, 2.24) is 14.7 Å². The van der Waals surface area contributed by atoms with E-state index in [9.17, 15) is 4.79 Å². The van der Waals surface area contributed by atoms with Crippen molar-refractivity contribution in [2.24, 2.45) is 13.0 Å². The molecule has 0 N–H and O–H groups in total. The van der Waals surface area contributed by atoms with Gasteiger partial charge in [-0.3, -0.25) is 9.48 Å². The lowest BCUT2D eigenvalue weighted by Gasteiger charge is -2.32. The number of rotatable bonds is 5. The molecule has 1 aromatic carbocycles. The van der Waals surface area contributed by atoms with Gasteiger partial charge in [0.05, 0.1) is 30.6 Å². The molecule has 2 atom stereocenters. The molecule has 2 aromatic rings. The van der Waals surface area contributed by atoms with E-state index in [0.717, 1.165) is 12.2 Å². The first-order valence-electron chi connectivity index (χ1n) is 9.03. The smallest absolute Gasteiger partial charge is 0.228 e. The number of para-hydroxylation sites is 2. The second-order valence-corrected chi connectivity index (χ2v) is 7.28. The number of nitrogens with zero attached hydrogens (tertiary/aromatic N) is 3. The number of fused-ring (bicyclic) bond motifs is 1. The van der Waals surface area contributed by atoms with Gasteiger partial charge in [-0.05, 0) is 18.6 Å². The predicted octanol–water partition coefficient (Wildman–Crippen LogP) is 2.28. The van der Waals surface area contributed by atoms with Gasteiger partial charge in [0.2, 0.25) is 5.91 Å². The number of aromatic nitrogens is 2. The summed E-state index contributed by atoms with van der Waals surface area (Å²) in [5, 5.41) is 4.92. The Morgan fingerprint density at radius 1 is 1.33 bits per heavy atom. The summed E-state index contributed by atoms with van der Waals surface area (Å²) in [5.74, 6) is 1.32. The van der Waals surface area contributed by atoms with E-state index < -0.39 is 0 Å². The fourth-order valence-electron chi connectivity index (χ4n) is 3.41. The van der Waals surface area contributed by atoms with Crippen LogP contribution in [0.4, 0.5) is 0 Å². The minimum Gasteiger partial charge on any atom is -0.486 e. The molecular formula is C19H22ClN3O4.